The van der Waals surface area contributed by atoms with Gasteiger partial charge in [0, 0.05) is 5.02 Å². The molecule has 3 rings (SSSR count). The van der Waals surface area contributed by atoms with Crippen LogP contribution in [0.1, 0.15) is 32.3 Å². The Balaban J connectivity index is 1.77. The Morgan fingerprint density at radius 1 is 1.29 bits per heavy atom. The lowest BCUT2D eigenvalue weighted by Gasteiger charge is -2.27. The first-order valence-corrected chi connectivity index (χ1v) is 6.80. The lowest BCUT2D eigenvalue weighted by atomic mass is 9.77. The van der Waals surface area contributed by atoms with E-state index in [-0.39, 0.29) is 5.60 Å². The van der Waals surface area contributed by atoms with Crippen LogP contribution >= 0.6 is 11.6 Å². The number of benzene rings is 1. The van der Waals surface area contributed by atoms with Crippen molar-refractivity contribution in [2.45, 2.75) is 38.7 Å². The minimum absolute atomic E-state index is 0.173. The number of ether oxygens (including phenoxy) is 1. The smallest absolute Gasteiger partial charge is 0.0998 e. The molecule has 1 spiro atoms. The zero-order chi connectivity index (χ0) is 12.1. The van der Waals surface area contributed by atoms with Gasteiger partial charge in [-0.15, -0.1) is 0 Å². The van der Waals surface area contributed by atoms with Crippen LogP contribution in [-0.2, 0) is 11.2 Å². The van der Waals surface area contributed by atoms with E-state index in [1.165, 1.54) is 18.4 Å². The van der Waals surface area contributed by atoms with Crippen LogP contribution in [0.25, 0.3) is 0 Å². The third-order valence-corrected chi connectivity index (χ3v) is 5.03. The molecule has 2 fully saturated rings. The van der Waals surface area contributed by atoms with Crippen LogP contribution in [0, 0.1) is 11.3 Å². The third-order valence-electron chi connectivity index (χ3n) is 4.77. The topological polar surface area (TPSA) is 12.5 Å². The number of rotatable bonds is 2. The lowest BCUT2D eigenvalue weighted by Crippen LogP contribution is -2.33. The molecule has 92 valence electrons. The van der Waals surface area contributed by atoms with Gasteiger partial charge < -0.3 is 4.74 Å². The van der Waals surface area contributed by atoms with Gasteiger partial charge in [0.25, 0.3) is 0 Å². The molecule has 2 atom stereocenters. The second-order valence-electron chi connectivity index (χ2n) is 6.13. The molecule has 0 amide bonds. The average molecular weight is 251 g/mol. The third kappa shape index (κ3) is 1.80. The fourth-order valence-electron chi connectivity index (χ4n) is 3.41. The van der Waals surface area contributed by atoms with Crippen molar-refractivity contribution in [3.8, 4) is 0 Å². The summed E-state index contributed by atoms with van der Waals surface area (Å²) in [5.74, 6) is 0.679. The molecule has 0 unspecified atom stereocenters. The minimum atomic E-state index is 0.173. The first-order valence-electron chi connectivity index (χ1n) is 6.42. The van der Waals surface area contributed by atoms with Crippen LogP contribution in [-0.4, -0.2) is 12.2 Å². The monoisotopic (exact) mass is 250 g/mol. The summed E-state index contributed by atoms with van der Waals surface area (Å²) in [6.45, 7) is 5.65. The van der Waals surface area contributed by atoms with E-state index in [9.17, 15) is 0 Å². The highest BCUT2D eigenvalue weighted by atomic mass is 35.5. The van der Waals surface area contributed by atoms with Crippen molar-refractivity contribution in [3.63, 3.8) is 0 Å². The molecule has 17 heavy (non-hydrogen) atoms. The second kappa shape index (κ2) is 3.73. The van der Waals surface area contributed by atoms with Gasteiger partial charge in [0.1, 0.15) is 0 Å². The highest BCUT2D eigenvalue weighted by molar-refractivity contribution is 6.30. The maximum Gasteiger partial charge on any atom is 0.0998 e. The molecule has 1 saturated carbocycles. The Bertz CT molecular complexity index is 417. The predicted molar refractivity (Wildman–Crippen MR) is 70.3 cm³/mol. The Kier molecular flexibility index (Phi) is 2.53. The van der Waals surface area contributed by atoms with Gasteiger partial charge in [-0.25, -0.2) is 0 Å². The summed E-state index contributed by atoms with van der Waals surface area (Å²) in [5.41, 5.74) is 1.91. The predicted octanol–water partition coefficient (Wildman–Crippen LogP) is 4.09. The standard InChI is InChI=1S/C15H19ClO/c1-14(2)8-7-12(15(14)10-17-15)9-11-3-5-13(16)6-4-11/h3-6,12H,7-10H2,1-2H3/t12-,15+/m1/s1. The van der Waals surface area contributed by atoms with E-state index < -0.39 is 0 Å². The summed E-state index contributed by atoms with van der Waals surface area (Å²) in [6.07, 6.45) is 3.70. The van der Waals surface area contributed by atoms with E-state index in [0.29, 0.717) is 11.3 Å². The van der Waals surface area contributed by atoms with Crippen molar-refractivity contribution in [2.75, 3.05) is 6.61 Å². The molecule has 1 aliphatic carbocycles. The van der Waals surface area contributed by atoms with Gasteiger partial charge in [0.2, 0.25) is 0 Å². The lowest BCUT2D eigenvalue weighted by molar-refractivity contribution is 0.136. The van der Waals surface area contributed by atoms with Crippen molar-refractivity contribution in [2.24, 2.45) is 11.3 Å². The maximum atomic E-state index is 5.92. The molecular formula is C15H19ClO. The molecule has 1 heterocycles. The van der Waals surface area contributed by atoms with Gasteiger partial charge in [0.05, 0.1) is 12.2 Å². The van der Waals surface area contributed by atoms with Crippen molar-refractivity contribution < 1.29 is 4.74 Å². The SMILES string of the molecule is CC1(C)CC[C@H](Cc2ccc(Cl)cc2)[C@@]12CO2. The molecule has 0 bridgehead atoms. The Morgan fingerprint density at radius 2 is 1.94 bits per heavy atom. The zero-order valence-electron chi connectivity index (χ0n) is 10.5. The van der Waals surface area contributed by atoms with E-state index in [2.05, 4.69) is 26.0 Å². The van der Waals surface area contributed by atoms with Crippen molar-refractivity contribution >= 4 is 11.6 Å². The Hall–Kier alpha value is -0.530. The molecule has 1 aromatic carbocycles. The minimum Gasteiger partial charge on any atom is -0.369 e. The zero-order valence-corrected chi connectivity index (χ0v) is 11.3. The van der Waals surface area contributed by atoms with E-state index in [0.717, 1.165) is 18.1 Å². The molecule has 1 nitrogen and oxygen atoms in total. The van der Waals surface area contributed by atoms with Gasteiger partial charge >= 0.3 is 0 Å². The number of epoxide rings is 1. The number of hydrogen-bond acceptors (Lipinski definition) is 1. The van der Waals surface area contributed by atoms with Crippen molar-refractivity contribution in [1.82, 2.24) is 0 Å². The summed E-state index contributed by atoms with van der Waals surface area (Å²) in [6, 6.07) is 8.25. The van der Waals surface area contributed by atoms with Crippen LogP contribution in [0.3, 0.4) is 0 Å². The van der Waals surface area contributed by atoms with Crippen molar-refractivity contribution in [3.05, 3.63) is 34.9 Å². The van der Waals surface area contributed by atoms with E-state index in [4.69, 9.17) is 16.3 Å². The summed E-state index contributed by atoms with van der Waals surface area (Å²) in [5, 5.41) is 0.817. The highest BCUT2D eigenvalue weighted by Crippen LogP contribution is 2.59. The summed E-state index contributed by atoms with van der Waals surface area (Å²) in [4.78, 5) is 0. The van der Waals surface area contributed by atoms with Gasteiger partial charge in [-0.05, 0) is 48.3 Å². The largest absolute Gasteiger partial charge is 0.369 e. The molecule has 0 N–H and O–H groups in total. The maximum absolute atomic E-state index is 5.92. The van der Waals surface area contributed by atoms with Gasteiger partial charge in [0.15, 0.2) is 0 Å². The first kappa shape index (κ1) is 11.6. The molecule has 2 aliphatic rings. The van der Waals surface area contributed by atoms with Gasteiger partial charge in [-0.2, -0.15) is 0 Å². The first-order chi connectivity index (χ1) is 8.03. The Morgan fingerprint density at radius 3 is 2.53 bits per heavy atom. The van der Waals surface area contributed by atoms with E-state index in [1.54, 1.807) is 0 Å². The van der Waals surface area contributed by atoms with Crippen LogP contribution in [0.5, 0.6) is 0 Å². The Labute approximate surface area is 108 Å². The van der Waals surface area contributed by atoms with E-state index in [1.807, 2.05) is 12.1 Å². The summed E-state index contributed by atoms with van der Waals surface area (Å²) >= 11 is 5.92. The van der Waals surface area contributed by atoms with Crippen LogP contribution < -0.4 is 0 Å². The fraction of sp³-hybridized carbons (Fsp3) is 0.600. The molecular weight excluding hydrogens is 232 g/mol. The molecule has 0 aromatic heterocycles. The van der Waals surface area contributed by atoms with Crippen LogP contribution in [0.2, 0.25) is 5.02 Å². The molecule has 1 saturated heterocycles. The normalized spacial score (nSPS) is 34.2. The quantitative estimate of drug-likeness (QED) is 0.721. The highest BCUT2D eigenvalue weighted by Gasteiger charge is 2.64. The fourth-order valence-corrected chi connectivity index (χ4v) is 3.53. The molecule has 2 heteroatoms. The number of hydrogen-bond donors (Lipinski definition) is 0. The molecule has 0 radical (unpaired) electrons. The molecule has 1 aromatic rings. The van der Waals surface area contributed by atoms with E-state index >= 15 is 0 Å². The van der Waals surface area contributed by atoms with Crippen LogP contribution in [0.15, 0.2) is 24.3 Å². The summed E-state index contributed by atoms with van der Waals surface area (Å²) in [7, 11) is 0. The average Bonchev–Trinajstić information content (AvgIpc) is 3.04. The van der Waals surface area contributed by atoms with Gasteiger partial charge in [-0.1, -0.05) is 37.6 Å². The van der Waals surface area contributed by atoms with Crippen LogP contribution in [0.4, 0.5) is 0 Å². The van der Waals surface area contributed by atoms with Crippen molar-refractivity contribution in [1.29, 1.82) is 0 Å². The summed E-state index contributed by atoms with van der Waals surface area (Å²) < 4.78 is 5.85. The second-order valence-corrected chi connectivity index (χ2v) is 6.56. The van der Waals surface area contributed by atoms with Gasteiger partial charge in [-0.3, -0.25) is 0 Å². The molecule has 1 aliphatic heterocycles. The number of halogens is 1.